The summed E-state index contributed by atoms with van der Waals surface area (Å²) in [6.45, 7) is 4.29. The smallest absolute Gasteiger partial charge is 0.325 e. The number of aliphatic hydroxyl groups excluding tert-OH is 2. The van der Waals surface area contributed by atoms with Crippen LogP contribution in [0.1, 0.15) is 48.5 Å². The first-order chi connectivity index (χ1) is 17.9. The van der Waals surface area contributed by atoms with Crippen molar-refractivity contribution in [3.63, 3.8) is 0 Å². The number of amides is 2. The summed E-state index contributed by atoms with van der Waals surface area (Å²) in [5.41, 5.74) is 3.60. The predicted molar refractivity (Wildman–Crippen MR) is 141 cm³/mol. The molecule has 37 heavy (non-hydrogen) atoms. The van der Waals surface area contributed by atoms with E-state index in [1.165, 1.54) is 0 Å². The first kappa shape index (κ1) is 28.9. The van der Waals surface area contributed by atoms with Crippen LogP contribution in [-0.4, -0.2) is 59.6 Å². The third kappa shape index (κ3) is 8.72. The lowest BCUT2D eigenvalue weighted by Gasteiger charge is -2.41. The van der Waals surface area contributed by atoms with Crippen LogP contribution in [0, 0.1) is 5.92 Å². The first-order valence-electron chi connectivity index (χ1n) is 12.4. The fourth-order valence-electron chi connectivity index (χ4n) is 3.98. The fraction of sp³-hybridized carbons (Fsp3) is 0.481. The molecule has 4 N–H and O–H groups in total. The maximum Gasteiger partial charge on any atom is 0.325 e. The summed E-state index contributed by atoms with van der Waals surface area (Å²) in [5.74, 6) is 0.970. The summed E-state index contributed by atoms with van der Waals surface area (Å²) in [6.07, 6.45) is -0.855. The molecular weight excluding hydrogens is 496 g/mol. The molecule has 2 aromatic carbocycles. The quantitative estimate of drug-likeness (QED) is 0.243. The van der Waals surface area contributed by atoms with E-state index in [2.05, 4.69) is 17.6 Å². The number of benzene rings is 2. The van der Waals surface area contributed by atoms with Crippen LogP contribution in [0.2, 0.25) is 0 Å². The van der Waals surface area contributed by atoms with Crippen molar-refractivity contribution in [1.29, 1.82) is 0 Å². The van der Waals surface area contributed by atoms with Crippen molar-refractivity contribution in [2.45, 2.75) is 45.5 Å². The molecule has 0 spiro atoms. The minimum absolute atomic E-state index is 0.0121. The van der Waals surface area contributed by atoms with Gasteiger partial charge in [0.2, 0.25) is 0 Å². The van der Waals surface area contributed by atoms with E-state index in [1.807, 2.05) is 48.5 Å². The molecule has 2 amide bonds. The highest BCUT2D eigenvalue weighted by molar-refractivity contribution is 7.99. The van der Waals surface area contributed by atoms with Gasteiger partial charge in [0.1, 0.15) is 6.54 Å². The minimum Gasteiger partial charge on any atom is -0.465 e. The Kier molecular flexibility index (Phi) is 11.7. The summed E-state index contributed by atoms with van der Waals surface area (Å²) in [7, 11) is 0. The summed E-state index contributed by atoms with van der Waals surface area (Å²) >= 11 is 1.65. The lowest BCUT2D eigenvalue weighted by Crippen LogP contribution is -2.39. The Labute approximate surface area is 221 Å². The molecule has 10 heteroatoms. The van der Waals surface area contributed by atoms with Gasteiger partial charge in [-0.3, -0.25) is 4.79 Å². The SMILES string of the molecule is CCOC(=O)CNC(=O)NCc1ccc(C2OC(CSCCO)C(C)C(c3ccc(CO)cc3)O2)cc1. The molecule has 4 unspecified atom stereocenters. The van der Waals surface area contributed by atoms with Gasteiger partial charge in [0.25, 0.3) is 0 Å². The van der Waals surface area contributed by atoms with Gasteiger partial charge in [-0.25, -0.2) is 4.79 Å². The van der Waals surface area contributed by atoms with Gasteiger partial charge < -0.3 is 35.1 Å². The van der Waals surface area contributed by atoms with Crippen molar-refractivity contribution in [3.8, 4) is 0 Å². The largest absolute Gasteiger partial charge is 0.465 e. The van der Waals surface area contributed by atoms with Gasteiger partial charge in [0.05, 0.1) is 32.0 Å². The van der Waals surface area contributed by atoms with Crippen molar-refractivity contribution < 1.29 is 34.0 Å². The van der Waals surface area contributed by atoms with E-state index >= 15 is 0 Å². The molecule has 1 aliphatic rings. The molecule has 0 bridgehead atoms. The van der Waals surface area contributed by atoms with Crippen LogP contribution in [0.25, 0.3) is 0 Å². The Morgan fingerprint density at radius 2 is 1.65 bits per heavy atom. The van der Waals surface area contributed by atoms with Gasteiger partial charge >= 0.3 is 12.0 Å². The van der Waals surface area contributed by atoms with E-state index in [0.29, 0.717) is 12.3 Å². The highest BCUT2D eigenvalue weighted by Crippen LogP contribution is 2.42. The highest BCUT2D eigenvalue weighted by Gasteiger charge is 2.38. The summed E-state index contributed by atoms with van der Waals surface area (Å²) in [4.78, 5) is 23.3. The van der Waals surface area contributed by atoms with E-state index < -0.39 is 18.3 Å². The zero-order valence-corrected chi connectivity index (χ0v) is 22.0. The van der Waals surface area contributed by atoms with Crippen molar-refractivity contribution in [2.24, 2.45) is 5.92 Å². The Morgan fingerprint density at radius 3 is 2.30 bits per heavy atom. The molecule has 1 heterocycles. The minimum atomic E-state index is -0.576. The van der Waals surface area contributed by atoms with Gasteiger partial charge in [0.15, 0.2) is 6.29 Å². The van der Waals surface area contributed by atoms with E-state index in [1.54, 1.807) is 18.7 Å². The molecular formula is C27H36N2O7S. The average Bonchev–Trinajstić information content (AvgIpc) is 2.92. The Hall–Kier alpha value is -2.63. The van der Waals surface area contributed by atoms with Crippen LogP contribution in [-0.2, 0) is 32.2 Å². The average molecular weight is 533 g/mol. The maximum absolute atomic E-state index is 11.9. The van der Waals surface area contributed by atoms with Crippen molar-refractivity contribution in [2.75, 3.05) is 31.3 Å². The van der Waals surface area contributed by atoms with Crippen LogP contribution < -0.4 is 10.6 Å². The first-order valence-corrected chi connectivity index (χ1v) is 13.6. The number of thioether (sulfide) groups is 1. The van der Waals surface area contributed by atoms with Gasteiger partial charge in [-0.05, 0) is 23.6 Å². The predicted octanol–water partition coefficient (Wildman–Crippen LogP) is 3.06. The van der Waals surface area contributed by atoms with Gasteiger partial charge in [-0.15, -0.1) is 0 Å². The maximum atomic E-state index is 11.9. The second-order valence-electron chi connectivity index (χ2n) is 8.70. The third-order valence-electron chi connectivity index (χ3n) is 6.04. The summed E-state index contributed by atoms with van der Waals surface area (Å²) < 4.78 is 17.6. The summed E-state index contributed by atoms with van der Waals surface area (Å²) in [6, 6.07) is 14.9. The summed E-state index contributed by atoms with van der Waals surface area (Å²) in [5, 5.41) is 23.8. The number of rotatable bonds is 12. The lowest BCUT2D eigenvalue weighted by molar-refractivity contribution is -0.268. The molecule has 4 atom stereocenters. The van der Waals surface area contributed by atoms with Crippen molar-refractivity contribution in [3.05, 3.63) is 70.8 Å². The number of carbonyl (C=O) groups excluding carboxylic acids is 2. The topological polar surface area (TPSA) is 126 Å². The molecule has 0 aromatic heterocycles. The zero-order valence-electron chi connectivity index (χ0n) is 21.2. The fourth-order valence-corrected chi connectivity index (χ4v) is 4.89. The van der Waals surface area contributed by atoms with Gasteiger partial charge in [-0.1, -0.05) is 55.5 Å². The van der Waals surface area contributed by atoms with E-state index in [9.17, 15) is 19.8 Å². The van der Waals surface area contributed by atoms with Crippen molar-refractivity contribution >= 4 is 23.8 Å². The molecule has 0 saturated carbocycles. The van der Waals surface area contributed by atoms with Gasteiger partial charge in [0, 0.05) is 29.5 Å². The number of urea groups is 1. The number of esters is 1. The van der Waals surface area contributed by atoms with Crippen LogP contribution in [0.15, 0.2) is 48.5 Å². The standard InChI is InChI=1S/C27H36N2O7S/c1-3-34-24(32)15-29-27(33)28-14-19-4-10-22(11-5-19)26-35-23(17-37-13-12-30)18(2)25(36-26)21-8-6-20(16-31)7-9-21/h4-11,18,23,25-26,30-31H,3,12-17H2,1-2H3,(H2,28,29,33). The van der Waals surface area contributed by atoms with Crippen LogP contribution in [0.3, 0.4) is 0 Å². The third-order valence-corrected chi connectivity index (χ3v) is 7.08. The van der Waals surface area contributed by atoms with Gasteiger partial charge in [-0.2, -0.15) is 11.8 Å². The zero-order chi connectivity index (χ0) is 26.6. The number of hydrogen-bond acceptors (Lipinski definition) is 8. The molecule has 1 saturated heterocycles. The Balaban J connectivity index is 1.65. The molecule has 1 aliphatic heterocycles. The Morgan fingerprint density at radius 1 is 0.973 bits per heavy atom. The molecule has 0 aliphatic carbocycles. The normalized spacial score (nSPS) is 21.3. The number of carbonyl (C=O) groups is 2. The van der Waals surface area contributed by atoms with Crippen LogP contribution >= 0.6 is 11.8 Å². The lowest BCUT2D eigenvalue weighted by atomic mass is 9.91. The second-order valence-corrected chi connectivity index (χ2v) is 9.85. The highest BCUT2D eigenvalue weighted by atomic mass is 32.2. The van der Waals surface area contributed by atoms with E-state index in [4.69, 9.17) is 14.2 Å². The van der Waals surface area contributed by atoms with E-state index in [0.717, 1.165) is 28.0 Å². The molecule has 9 nitrogen and oxygen atoms in total. The molecule has 202 valence electrons. The number of aliphatic hydroxyl groups is 2. The number of ether oxygens (including phenoxy) is 3. The number of hydrogen-bond donors (Lipinski definition) is 4. The molecule has 3 rings (SSSR count). The molecule has 2 aromatic rings. The molecule has 0 radical (unpaired) electrons. The monoisotopic (exact) mass is 532 g/mol. The van der Waals surface area contributed by atoms with Crippen LogP contribution in [0.4, 0.5) is 4.79 Å². The van der Waals surface area contributed by atoms with Crippen molar-refractivity contribution in [1.82, 2.24) is 10.6 Å². The Bertz CT molecular complexity index is 987. The number of nitrogens with one attached hydrogen (secondary N) is 2. The van der Waals surface area contributed by atoms with Crippen LogP contribution in [0.5, 0.6) is 0 Å². The molecule has 1 fully saturated rings. The second kappa shape index (κ2) is 14.9. The van der Waals surface area contributed by atoms with E-state index in [-0.39, 0.29) is 44.5 Å².